The van der Waals surface area contributed by atoms with Crippen LogP contribution in [0, 0.1) is 6.43 Å². The summed E-state index contributed by atoms with van der Waals surface area (Å²) >= 11 is 0. The fourth-order valence-corrected chi connectivity index (χ4v) is 0.244. The van der Waals surface area contributed by atoms with Gasteiger partial charge in [0.05, 0.1) is 0 Å². The summed E-state index contributed by atoms with van der Waals surface area (Å²) < 4.78 is 59.0. The van der Waals surface area contributed by atoms with Crippen molar-refractivity contribution >= 4 is 0 Å². The van der Waals surface area contributed by atoms with Gasteiger partial charge in [0, 0.05) is 0 Å². The Morgan fingerprint density at radius 1 is 1.20 bits per heavy atom. The van der Waals surface area contributed by atoms with Crippen molar-refractivity contribution in [3.05, 3.63) is 6.43 Å². The third-order valence-electron chi connectivity index (χ3n) is 0.477. The number of hydrogen-bond donors (Lipinski definition) is 0. The largest absolute Gasteiger partial charge is 0.411 e. The maximum atomic E-state index is 11.1. The summed E-state index contributed by atoms with van der Waals surface area (Å²) in [6.07, 6.45) is -6.70. The summed E-state index contributed by atoms with van der Waals surface area (Å²) in [6.45, 7) is -2.89. The van der Waals surface area contributed by atoms with Crippen LogP contribution in [0.3, 0.4) is 0 Å². The lowest BCUT2D eigenvalue weighted by molar-refractivity contribution is -0.175. The van der Waals surface area contributed by atoms with E-state index >= 15 is 0 Å². The van der Waals surface area contributed by atoms with Crippen molar-refractivity contribution in [3.63, 3.8) is 0 Å². The summed E-state index contributed by atoms with van der Waals surface area (Å²) in [5.74, 6) is 0. The van der Waals surface area contributed by atoms with Gasteiger partial charge in [-0.05, 0) is 0 Å². The Morgan fingerprint density at radius 2 is 1.70 bits per heavy atom. The molecule has 61 valence electrons. The molecule has 0 rings (SSSR count). The lowest BCUT2D eigenvalue weighted by Gasteiger charge is -2.05. The van der Waals surface area contributed by atoms with E-state index in [0.29, 0.717) is 0 Å². The molecule has 0 aromatic rings. The molecule has 0 heterocycles. The van der Waals surface area contributed by atoms with E-state index in [1.165, 1.54) is 0 Å². The fourth-order valence-electron chi connectivity index (χ4n) is 0.244. The number of alkyl halides is 3. The minimum atomic E-state index is -4.53. The summed E-state index contributed by atoms with van der Waals surface area (Å²) in [7, 11) is 0. The minimum Gasteiger partial charge on any atom is -0.366 e. The maximum absolute atomic E-state index is 11.1. The molecule has 0 amide bonds. The lowest BCUT2D eigenvalue weighted by Crippen LogP contribution is -2.17. The number of halogens is 5. The van der Waals surface area contributed by atoms with Gasteiger partial charge in [-0.3, -0.25) is 0 Å². The minimum absolute atomic E-state index is 1.25. The summed E-state index contributed by atoms with van der Waals surface area (Å²) in [6, 6.07) is 0. The van der Waals surface area contributed by atoms with Crippen molar-refractivity contribution in [3.8, 4) is 0 Å². The second-order valence-corrected chi connectivity index (χ2v) is 1.45. The predicted molar refractivity (Wildman–Crippen MR) is 22.3 cm³/mol. The van der Waals surface area contributed by atoms with Gasteiger partial charge >= 0.3 is 12.6 Å². The topological polar surface area (TPSA) is 9.23 Å². The Morgan fingerprint density at radius 3 is 2.00 bits per heavy atom. The smallest absolute Gasteiger partial charge is 0.366 e. The van der Waals surface area contributed by atoms with Gasteiger partial charge < -0.3 is 4.74 Å². The first kappa shape index (κ1) is 9.61. The molecular weight excluding hydrogens is 159 g/mol. The highest BCUT2D eigenvalue weighted by atomic mass is 19.4. The number of ether oxygens (including phenoxy) is 1. The molecule has 0 spiro atoms. The summed E-state index contributed by atoms with van der Waals surface area (Å²) in [5, 5.41) is 0. The van der Waals surface area contributed by atoms with Crippen molar-refractivity contribution in [2.24, 2.45) is 0 Å². The van der Waals surface area contributed by atoms with Gasteiger partial charge in [0.25, 0.3) is 0 Å². The highest BCUT2D eigenvalue weighted by Crippen LogP contribution is 2.15. The third-order valence-corrected chi connectivity index (χ3v) is 0.477. The highest BCUT2D eigenvalue weighted by Gasteiger charge is 2.28. The molecule has 0 bridgehead atoms. The van der Waals surface area contributed by atoms with Gasteiger partial charge in [-0.15, -0.1) is 0 Å². The number of hydrogen-bond acceptors (Lipinski definition) is 1. The first-order chi connectivity index (χ1) is 4.42. The average Bonchev–Trinajstić information content (AvgIpc) is 1.59. The van der Waals surface area contributed by atoms with Crippen LogP contribution < -0.4 is 0 Å². The molecule has 10 heavy (non-hydrogen) atoms. The Bertz CT molecular complexity index is 88.1. The molecule has 0 saturated carbocycles. The van der Waals surface area contributed by atoms with Gasteiger partial charge in [-0.2, -0.15) is 22.0 Å². The quantitative estimate of drug-likeness (QED) is 0.578. The van der Waals surface area contributed by atoms with E-state index in [4.69, 9.17) is 0 Å². The zero-order chi connectivity index (χ0) is 8.20. The first-order valence-electron chi connectivity index (χ1n) is 2.23. The van der Waals surface area contributed by atoms with Gasteiger partial charge in [-0.25, -0.2) is 0 Å². The van der Waals surface area contributed by atoms with E-state index in [0.717, 1.165) is 0 Å². The average molecular weight is 163 g/mol. The lowest BCUT2D eigenvalue weighted by atomic mass is 10.7. The van der Waals surface area contributed by atoms with E-state index in [1.807, 2.05) is 0 Å². The molecular formula is C4H4F5O. The number of rotatable bonds is 3. The third kappa shape index (κ3) is 7.61. The van der Waals surface area contributed by atoms with Crippen molar-refractivity contribution in [1.82, 2.24) is 0 Å². The van der Waals surface area contributed by atoms with E-state index < -0.39 is 25.8 Å². The second-order valence-electron chi connectivity index (χ2n) is 1.45. The molecule has 0 unspecified atom stereocenters. The van der Waals surface area contributed by atoms with E-state index in [2.05, 4.69) is 4.74 Å². The summed E-state index contributed by atoms with van der Waals surface area (Å²) in [4.78, 5) is 0. The molecule has 0 aromatic heterocycles. The zero-order valence-electron chi connectivity index (χ0n) is 4.71. The fraction of sp³-hybridized carbons (Fsp3) is 0.750. The highest BCUT2D eigenvalue weighted by molar-refractivity contribution is 4.57. The molecule has 0 aliphatic rings. The molecule has 6 heteroatoms. The van der Waals surface area contributed by atoms with Crippen LogP contribution in [0.1, 0.15) is 0 Å². The standard InChI is InChI=1S/C4H4F5O/c5-3(6)1-10-2-4(7,8)9/h1-2H2. The normalized spacial score (nSPS) is 12.6. The molecule has 1 nitrogen and oxygen atoms in total. The Kier molecular flexibility index (Phi) is 3.55. The SMILES string of the molecule is F[C](F)COCC(F)(F)F. The maximum Gasteiger partial charge on any atom is 0.411 e. The molecule has 0 aliphatic carbocycles. The molecule has 0 fully saturated rings. The Balaban J connectivity index is 3.21. The summed E-state index contributed by atoms with van der Waals surface area (Å²) in [5.41, 5.74) is 0. The van der Waals surface area contributed by atoms with Crippen molar-refractivity contribution in [2.75, 3.05) is 13.2 Å². The van der Waals surface area contributed by atoms with Crippen LogP contribution in [0.15, 0.2) is 0 Å². The molecule has 1 radical (unpaired) electrons. The molecule has 0 aliphatic heterocycles. The van der Waals surface area contributed by atoms with Crippen molar-refractivity contribution in [1.29, 1.82) is 0 Å². The van der Waals surface area contributed by atoms with Gasteiger partial charge in [-0.1, -0.05) is 0 Å². The zero-order valence-corrected chi connectivity index (χ0v) is 4.71. The van der Waals surface area contributed by atoms with Crippen LogP contribution in [-0.4, -0.2) is 19.4 Å². The van der Waals surface area contributed by atoms with Crippen molar-refractivity contribution in [2.45, 2.75) is 6.18 Å². The van der Waals surface area contributed by atoms with Crippen LogP contribution >= 0.6 is 0 Å². The molecule has 0 aromatic carbocycles. The van der Waals surface area contributed by atoms with Gasteiger partial charge in [0.2, 0.25) is 0 Å². The van der Waals surface area contributed by atoms with Crippen LogP contribution in [0.2, 0.25) is 0 Å². The van der Waals surface area contributed by atoms with Crippen molar-refractivity contribution < 1.29 is 26.7 Å². The Hall–Kier alpha value is -0.390. The monoisotopic (exact) mass is 163 g/mol. The van der Waals surface area contributed by atoms with E-state index in [-0.39, 0.29) is 0 Å². The Labute approximate surface area is 53.8 Å². The van der Waals surface area contributed by atoms with Gasteiger partial charge in [0.1, 0.15) is 13.2 Å². The first-order valence-corrected chi connectivity index (χ1v) is 2.23. The van der Waals surface area contributed by atoms with Gasteiger partial charge in [0.15, 0.2) is 0 Å². The van der Waals surface area contributed by atoms with Crippen LogP contribution in [0.5, 0.6) is 0 Å². The second kappa shape index (κ2) is 3.70. The van der Waals surface area contributed by atoms with Crippen LogP contribution in [-0.2, 0) is 4.74 Å². The van der Waals surface area contributed by atoms with Crippen LogP contribution in [0.25, 0.3) is 0 Å². The molecule has 0 saturated heterocycles. The van der Waals surface area contributed by atoms with E-state index in [9.17, 15) is 22.0 Å². The molecule has 0 N–H and O–H groups in total. The van der Waals surface area contributed by atoms with E-state index in [1.54, 1.807) is 0 Å². The van der Waals surface area contributed by atoms with Crippen LogP contribution in [0.4, 0.5) is 22.0 Å². The predicted octanol–water partition coefficient (Wildman–Crippen LogP) is 1.99. The molecule has 0 atom stereocenters.